The summed E-state index contributed by atoms with van der Waals surface area (Å²) in [4.78, 5) is 4.05. The predicted molar refractivity (Wildman–Crippen MR) is 71.1 cm³/mol. The van der Waals surface area contributed by atoms with Crippen LogP contribution in [-0.2, 0) is 6.42 Å². The average molecular weight is 240 g/mol. The van der Waals surface area contributed by atoms with Crippen molar-refractivity contribution in [1.29, 1.82) is 0 Å². The van der Waals surface area contributed by atoms with E-state index >= 15 is 0 Å². The molecule has 1 aromatic carbocycles. The van der Waals surface area contributed by atoms with E-state index in [1.807, 2.05) is 12.1 Å². The van der Waals surface area contributed by atoms with Crippen LogP contribution in [0.4, 0.5) is 5.69 Å². The monoisotopic (exact) mass is 240 g/mol. The fourth-order valence-corrected chi connectivity index (χ4v) is 2.80. The smallest absolute Gasteiger partial charge is 0.0893 e. The number of pyridine rings is 1. The number of benzene rings is 1. The number of rotatable bonds is 2. The highest BCUT2D eigenvalue weighted by molar-refractivity contribution is 5.48. The summed E-state index contributed by atoms with van der Waals surface area (Å²) in [6, 6.07) is 10.0. The molecular weight excluding hydrogens is 224 g/mol. The quantitative estimate of drug-likeness (QED) is 0.847. The lowest BCUT2D eigenvalue weighted by Crippen LogP contribution is -2.10. The van der Waals surface area contributed by atoms with Crippen LogP contribution in [0.5, 0.6) is 0 Å². The van der Waals surface area contributed by atoms with Crippen LogP contribution in [0.15, 0.2) is 42.7 Å². The molecule has 0 radical (unpaired) electrons. The zero-order valence-corrected chi connectivity index (χ0v) is 10.1. The Morgan fingerprint density at radius 3 is 2.94 bits per heavy atom. The van der Waals surface area contributed by atoms with Crippen LogP contribution in [0.3, 0.4) is 0 Å². The molecule has 1 aromatic heterocycles. The topological polar surface area (TPSA) is 59.1 Å². The van der Waals surface area contributed by atoms with Crippen LogP contribution < -0.4 is 5.73 Å². The van der Waals surface area contributed by atoms with Gasteiger partial charge in [-0.05, 0) is 30.0 Å². The van der Waals surface area contributed by atoms with E-state index in [1.54, 1.807) is 18.5 Å². The Morgan fingerprint density at radius 2 is 2.11 bits per heavy atom. The van der Waals surface area contributed by atoms with Crippen LogP contribution in [0.25, 0.3) is 0 Å². The molecule has 0 aliphatic heterocycles. The molecule has 0 bridgehead atoms. The van der Waals surface area contributed by atoms with Gasteiger partial charge >= 0.3 is 0 Å². The third-order valence-corrected chi connectivity index (χ3v) is 3.77. The molecule has 1 heterocycles. The zero-order valence-electron chi connectivity index (χ0n) is 10.1. The minimum Gasteiger partial charge on any atom is -0.398 e. The first kappa shape index (κ1) is 11.2. The van der Waals surface area contributed by atoms with Gasteiger partial charge in [0.1, 0.15) is 0 Å². The second kappa shape index (κ2) is 4.42. The second-order valence-corrected chi connectivity index (χ2v) is 4.79. The van der Waals surface area contributed by atoms with E-state index in [0.29, 0.717) is 5.69 Å². The van der Waals surface area contributed by atoms with Crippen LogP contribution >= 0.6 is 0 Å². The van der Waals surface area contributed by atoms with E-state index in [0.717, 1.165) is 18.4 Å². The molecule has 0 saturated carbocycles. The number of aliphatic hydroxyl groups is 1. The van der Waals surface area contributed by atoms with Crippen LogP contribution in [0.1, 0.15) is 35.1 Å². The number of anilines is 1. The maximum Gasteiger partial charge on any atom is 0.0893 e. The summed E-state index contributed by atoms with van der Waals surface area (Å²) < 4.78 is 0. The van der Waals surface area contributed by atoms with Crippen LogP contribution in [-0.4, -0.2) is 10.1 Å². The van der Waals surface area contributed by atoms with Gasteiger partial charge in [0.2, 0.25) is 0 Å². The largest absolute Gasteiger partial charge is 0.398 e. The summed E-state index contributed by atoms with van der Waals surface area (Å²) in [7, 11) is 0. The van der Waals surface area contributed by atoms with Gasteiger partial charge in [0.25, 0.3) is 0 Å². The Balaban J connectivity index is 1.96. The lowest BCUT2D eigenvalue weighted by Gasteiger charge is -2.20. The van der Waals surface area contributed by atoms with E-state index in [4.69, 9.17) is 5.73 Å². The summed E-state index contributed by atoms with van der Waals surface area (Å²) >= 11 is 0. The van der Waals surface area contributed by atoms with Gasteiger partial charge in [0.15, 0.2) is 0 Å². The highest BCUT2D eigenvalue weighted by Crippen LogP contribution is 2.42. The van der Waals surface area contributed by atoms with Gasteiger partial charge in [-0.3, -0.25) is 4.98 Å². The maximum absolute atomic E-state index is 10.5. The summed E-state index contributed by atoms with van der Waals surface area (Å²) in [6.45, 7) is 0. The molecule has 3 nitrogen and oxygen atoms in total. The number of hydrogen-bond donors (Lipinski definition) is 2. The molecule has 0 amide bonds. The first-order valence-electron chi connectivity index (χ1n) is 6.22. The molecule has 92 valence electrons. The molecule has 1 aliphatic carbocycles. The van der Waals surface area contributed by atoms with Gasteiger partial charge in [-0.25, -0.2) is 0 Å². The standard InChI is InChI=1S/C15H16N2O/c16-14-7-8-17-9-13(14)15(18)12-6-5-10-3-1-2-4-11(10)12/h1-4,7-9,12,15,18H,5-6H2,(H2,16,17). The number of nitrogens with two attached hydrogens (primary N) is 1. The van der Waals surface area contributed by atoms with Gasteiger partial charge in [0, 0.05) is 29.6 Å². The van der Waals surface area contributed by atoms with Gasteiger partial charge in [-0.2, -0.15) is 0 Å². The van der Waals surface area contributed by atoms with E-state index < -0.39 is 6.10 Å². The zero-order chi connectivity index (χ0) is 12.5. The van der Waals surface area contributed by atoms with Crippen molar-refractivity contribution in [2.45, 2.75) is 24.9 Å². The van der Waals surface area contributed by atoms with Crippen LogP contribution in [0, 0.1) is 0 Å². The number of aliphatic hydroxyl groups excluding tert-OH is 1. The van der Waals surface area contributed by atoms with Crippen molar-refractivity contribution in [3.8, 4) is 0 Å². The Bertz CT molecular complexity index is 568. The third kappa shape index (κ3) is 1.77. The molecule has 2 unspecified atom stereocenters. The Hall–Kier alpha value is -1.87. The number of nitrogen functional groups attached to an aromatic ring is 1. The lowest BCUT2D eigenvalue weighted by molar-refractivity contribution is 0.145. The van der Waals surface area contributed by atoms with E-state index in [-0.39, 0.29) is 5.92 Å². The van der Waals surface area contributed by atoms with Gasteiger partial charge in [0.05, 0.1) is 6.10 Å². The molecule has 3 rings (SSSR count). The second-order valence-electron chi connectivity index (χ2n) is 4.79. The Kier molecular flexibility index (Phi) is 2.76. The molecule has 2 aromatic rings. The Labute approximate surface area is 106 Å². The SMILES string of the molecule is Nc1ccncc1C(O)C1CCc2ccccc21. The first-order chi connectivity index (χ1) is 8.77. The summed E-state index contributed by atoms with van der Waals surface area (Å²) in [5.74, 6) is 0.132. The van der Waals surface area contributed by atoms with Crippen molar-refractivity contribution in [2.24, 2.45) is 0 Å². The highest BCUT2D eigenvalue weighted by atomic mass is 16.3. The minimum atomic E-state index is -0.567. The molecule has 0 fully saturated rings. The van der Waals surface area contributed by atoms with Crippen molar-refractivity contribution in [1.82, 2.24) is 4.98 Å². The first-order valence-corrected chi connectivity index (χ1v) is 6.22. The Morgan fingerprint density at radius 1 is 1.28 bits per heavy atom. The molecule has 18 heavy (non-hydrogen) atoms. The van der Waals surface area contributed by atoms with Crippen molar-refractivity contribution in [2.75, 3.05) is 5.73 Å². The highest BCUT2D eigenvalue weighted by Gasteiger charge is 2.30. The van der Waals surface area contributed by atoms with Crippen LogP contribution in [0.2, 0.25) is 0 Å². The van der Waals surface area contributed by atoms with Crippen molar-refractivity contribution in [3.05, 3.63) is 59.4 Å². The summed E-state index contributed by atoms with van der Waals surface area (Å²) in [5, 5.41) is 10.5. The van der Waals surface area contributed by atoms with Gasteiger partial charge < -0.3 is 10.8 Å². The third-order valence-electron chi connectivity index (χ3n) is 3.77. The number of nitrogens with zero attached hydrogens (tertiary/aromatic N) is 1. The number of aromatic nitrogens is 1. The van der Waals surface area contributed by atoms with Gasteiger partial charge in [-0.15, -0.1) is 0 Å². The van der Waals surface area contributed by atoms with Crippen molar-refractivity contribution < 1.29 is 5.11 Å². The molecule has 0 spiro atoms. The molecular formula is C15H16N2O. The molecule has 3 heteroatoms. The molecule has 3 N–H and O–H groups in total. The van der Waals surface area contributed by atoms with Crippen molar-refractivity contribution >= 4 is 5.69 Å². The lowest BCUT2D eigenvalue weighted by atomic mass is 9.91. The normalized spacial score (nSPS) is 19.5. The molecule has 1 aliphatic rings. The number of aryl methyl sites for hydroxylation is 1. The van der Waals surface area contributed by atoms with Gasteiger partial charge in [-0.1, -0.05) is 24.3 Å². The minimum absolute atomic E-state index is 0.132. The predicted octanol–water partition coefficient (Wildman–Crippen LogP) is 2.43. The number of hydrogen-bond acceptors (Lipinski definition) is 3. The summed E-state index contributed by atoms with van der Waals surface area (Å²) in [6.07, 6.45) is 4.74. The van der Waals surface area contributed by atoms with E-state index in [1.165, 1.54) is 11.1 Å². The number of fused-ring (bicyclic) bond motifs is 1. The van der Waals surface area contributed by atoms with Crippen molar-refractivity contribution in [3.63, 3.8) is 0 Å². The summed E-state index contributed by atoms with van der Waals surface area (Å²) in [5.41, 5.74) is 9.84. The maximum atomic E-state index is 10.5. The fourth-order valence-electron chi connectivity index (χ4n) is 2.80. The fraction of sp³-hybridized carbons (Fsp3) is 0.267. The van der Waals surface area contributed by atoms with E-state index in [2.05, 4.69) is 17.1 Å². The molecule has 2 atom stereocenters. The average Bonchev–Trinajstić information content (AvgIpc) is 2.82. The van der Waals surface area contributed by atoms with E-state index in [9.17, 15) is 5.11 Å². The molecule has 0 saturated heterocycles.